The molecule has 0 aromatic heterocycles. The minimum atomic E-state index is -5.88. The average molecular weight is 731 g/mol. The monoisotopic (exact) mass is 730 g/mol. The lowest BCUT2D eigenvalue weighted by Crippen LogP contribution is -2.54. The molecule has 0 aliphatic heterocycles. The number of benzene rings is 4. The Labute approximate surface area is 294 Å². The summed E-state index contributed by atoms with van der Waals surface area (Å²) in [6.45, 7) is 6.28. The quantitative estimate of drug-likeness (QED) is 0.0448. The van der Waals surface area contributed by atoms with Crippen molar-refractivity contribution in [3.63, 3.8) is 0 Å². The van der Waals surface area contributed by atoms with Crippen LogP contribution in [-0.2, 0) is 37.4 Å². The van der Waals surface area contributed by atoms with Gasteiger partial charge < -0.3 is 23.7 Å². The fourth-order valence-electron chi connectivity index (χ4n) is 5.34. The second-order valence-electron chi connectivity index (χ2n) is 11.4. The highest BCUT2D eigenvalue weighted by Crippen LogP contribution is 2.56. The number of rotatable bonds is 13. The lowest BCUT2D eigenvalue weighted by atomic mass is 9.73. The van der Waals surface area contributed by atoms with Gasteiger partial charge in [0.2, 0.25) is 12.2 Å². The highest BCUT2D eigenvalue weighted by atomic mass is 19.4. The summed E-state index contributed by atoms with van der Waals surface area (Å²) in [7, 11) is 1.48. The van der Waals surface area contributed by atoms with E-state index in [4.69, 9.17) is 23.7 Å². The van der Waals surface area contributed by atoms with Crippen LogP contribution < -0.4 is 18.9 Å². The van der Waals surface area contributed by atoms with E-state index < -0.39 is 46.8 Å². The maximum Gasteiger partial charge on any atom is 0.411 e. The molecular formula is C38H32F6O8. The summed E-state index contributed by atoms with van der Waals surface area (Å²) < 4.78 is 114. The third kappa shape index (κ3) is 8.92. The zero-order valence-corrected chi connectivity index (χ0v) is 28.0. The third-order valence-corrected chi connectivity index (χ3v) is 8.02. The molecule has 0 radical (unpaired) electrons. The first-order valence-corrected chi connectivity index (χ1v) is 15.4. The number of aryl methyl sites for hydroxylation is 2. The number of carbonyl (C=O) groups excluding carboxylic acids is 3. The van der Waals surface area contributed by atoms with E-state index in [9.17, 15) is 40.7 Å². The van der Waals surface area contributed by atoms with E-state index in [0.717, 1.165) is 30.3 Å². The van der Waals surface area contributed by atoms with Gasteiger partial charge in [-0.25, -0.2) is 4.79 Å². The molecule has 0 aliphatic carbocycles. The van der Waals surface area contributed by atoms with Gasteiger partial charge in [-0.05, 0) is 95.8 Å². The Morgan fingerprint density at radius 1 is 0.635 bits per heavy atom. The van der Waals surface area contributed by atoms with Crippen LogP contribution in [0.15, 0.2) is 97.6 Å². The first-order valence-electron chi connectivity index (χ1n) is 15.4. The second-order valence-corrected chi connectivity index (χ2v) is 11.4. The van der Waals surface area contributed by atoms with Crippen molar-refractivity contribution in [1.29, 1.82) is 0 Å². The van der Waals surface area contributed by atoms with E-state index in [1.54, 1.807) is 44.2 Å². The van der Waals surface area contributed by atoms with Crippen molar-refractivity contribution in [3.8, 4) is 23.0 Å². The molecule has 14 heteroatoms. The molecule has 4 aromatic carbocycles. The predicted molar refractivity (Wildman–Crippen MR) is 175 cm³/mol. The van der Waals surface area contributed by atoms with Crippen molar-refractivity contribution in [3.05, 3.63) is 131 Å². The summed E-state index contributed by atoms with van der Waals surface area (Å²) in [6, 6.07) is 15.3. The van der Waals surface area contributed by atoms with Crippen molar-refractivity contribution in [2.24, 2.45) is 0 Å². The van der Waals surface area contributed by atoms with Crippen molar-refractivity contribution >= 4 is 17.9 Å². The summed E-state index contributed by atoms with van der Waals surface area (Å²) in [5.41, 5.74) is -4.46. The third-order valence-electron chi connectivity index (χ3n) is 8.02. The summed E-state index contributed by atoms with van der Waals surface area (Å²) in [5, 5.41) is 0. The van der Waals surface area contributed by atoms with Gasteiger partial charge in [0.15, 0.2) is 0 Å². The van der Waals surface area contributed by atoms with Crippen LogP contribution in [-0.4, -0.2) is 44.2 Å². The van der Waals surface area contributed by atoms with E-state index >= 15 is 0 Å². The summed E-state index contributed by atoms with van der Waals surface area (Å²) in [5.74, 6) is -1.96. The van der Waals surface area contributed by atoms with Crippen LogP contribution in [0, 0.1) is 13.8 Å². The molecule has 0 aliphatic rings. The first-order chi connectivity index (χ1) is 24.5. The van der Waals surface area contributed by atoms with Crippen LogP contribution in [0.3, 0.4) is 0 Å². The smallest absolute Gasteiger partial charge is 0.411 e. The average Bonchev–Trinajstić information content (AvgIpc) is 3.07. The molecule has 0 saturated heterocycles. The number of hydrogen-bond acceptors (Lipinski definition) is 8. The number of halogens is 6. The summed E-state index contributed by atoms with van der Waals surface area (Å²) >= 11 is 0. The van der Waals surface area contributed by atoms with Crippen LogP contribution in [0.4, 0.5) is 26.3 Å². The lowest BCUT2D eigenvalue weighted by Gasteiger charge is -2.38. The number of hydrogen-bond donors (Lipinski definition) is 0. The molecule has 0 atom stereocenters. The van der Waals surface area contributed by atoms with Crippen molar-refractivity contribution in [2.45, 2.75) is 44.5 Å². The van der Waals surface area contributed by atoms with Crippen LogP contribution >= 0.6 is 0 Å². The Morgan fingerprint density at radius 3 is 1.42 bits per heavy atom. The van der Waals surface area contributed by atoms with Crippen LogP contribution in [0.25, 0.3) is 0 Å². The highest BCUT2D eigenvalue weighted by molar-refractivity contribution is 5.81. The number of ether oxygens (including phenoxy) is 5. The first kappa shape index (κ1) is 39.0. The number of methoxy groups -OCH3 is 1. The highest BCUT2D eigenvalue weighted by Gasteiger charge is 2.72. The SMILES string of the molecule is C=CC(=O)OCOc1ccc(CC(=O)Oc2ccc(C(c3ccc(OC(=O)Cc4ccc(OC)cc4C)cc3)(C(F)(F)F)C(F)(F)F)cc2)c(C)c1. The van der Waals surface area contributed by atoms with Gasteiger partial charge in [-0.2, -0.15) is 26.3 Å². The normalized spacial score (nSPS) is 11.7. The summed E-state index contributed by atoms with van der Waals surface area (Å²) in [6.07, 6.45) is -11.3. The lowest BCUT2D eigenvalue weighted by molar-refractivity contribution is -0.288. The minimum absolute atomic E-state index is 0.207. The Morgan fingerprint density at radius 2 is 1.04 bits per heavy atom. The number of alkyl halides is 6. The van der Waals surface area contributed by atoms with Gasteiger partial charge in [0, 0.05) is 6.08 Å². The fraction of sp³-hybridized carbons (Fsp3) is 0.237. The van der Waals surface area contributed by atoms with Gasteiger partial charge in [0.1, 0.15) is 23.0 Å². The van der Waals surface area contributed by atoms with E-state index in [-0.39, 0.29) is 31.1 Å². The molecule has 0 N–H and O–H groups in total. The minimum Gasteiger partial charge on any atom is -0.497 e. The second kappa shape index (κ2) is 16.0. The van der Waals surface area contributed by atoms with Gasteiger partial charge in [-0.1, -0.05) is 43.0 Å². The molecule has 8 nitrogen and oxygen atoms in total. The van der Waals surface area contributed by atoms with E-state index in [1.165, 1.54) is 13.2 Å². The maximum absolute atomic E-state index is 14.7. The Balaban J connectivity index is 1.50. The van der Waals surface area contributed by atoms with Crippen molar-refractivity contribution in [1.82, 2.24) is 0 Å². The van der Waals surface area contributed by atoms with Gasteiger partial charge in [-0.15, -0.1) is 0 Å². The molecular weight excluding hydrogens is 698 g/mol. The number of esters is 3. The standard InChI is InChI=1S/C38H32F6O8/c1-5-33(45)50-22-49-32-13-7-26(24(3)19-32)21-35(47)52-30-16-10-28(11-17-30)36(37(39,40)41,38(42,43)44)27-8-14-29(15-9-27)51-34(46)20-25-6-12-31(48-4)18-23(25)2/h5-19H,1,20-22H2,2-4H3. The zero-order valence-electron chi connectivity index (χ0n) is 28.0. The topological polar surface area (TPSA) is 97.4 Å². The van der Waals surface area contributed by atoms with Gasteiger partial charge in [0.25, 0.3) is 0 Å². The molecule has 0 spiro atoms. The van der Waals surface area contributed by atoms with Crippen LogP contribution in [0.5, 0.6) is 23.0 Å². The molecule has 0 amide bonds. The van der Waals surface area contributed by atoms with E-state index in [0.29, 0.717) is 58.0 Å². The maximum atomic E-state index is 14.7. The van der Waals surface area contributed by atoms with Crippen LogP contribution in [0.1, 0.15) is 33.4 Å². The largest absolute Gasteiger partial charge is 0.497 e. The molecule has 0 unspecified atom stereocenters. The van der Waals surface area contributed by atoms with Crippen LogP contribution in [0.2, 0.25) is 0 Å². The molecule has 0 fully saturated rings. The van der Waals surface area contributed by atoms with Crippen molar-refractivity contribution in [2.75, 3.05) is 13.9 Å². The molecule has 4 rings (SSSR count). The molecule has 0 saturated carbocycles. The van der Waals surface area contributed by atoms with Gasteiger partial charge in [-0.3, -0.25) is 9.59 Å². The Kier molecular flexibility index (Phi) is 12.0. The van der Waals surface area contributed by atoms with E-state index in [1.807, 2.05) is 0 Å². The predicted octanol–water partition coefficient (Wildman–Crippen LogP) is 8.08. The molecule has 4 aromatic rings. The van der Waals surface area contributed by atoms with Gasteiger partial charge >= 0.3 is 30.3 Å². The zero-order chi connectivity index (χ0) is 38.3. The number of carbonyl (C=O) groups is 3. The molecule has 274 valence electrons. The van der Waals surface area contributed by atoms with Gasteiger partial charge in [0.05, 0.1) is 20.0 Å². The Bertz CT molecular complexity index is 1900. The Hall–Kier alpha value is -5.79. The molecule has 0 bridgehead atoms. The summed E-state index contributed by atoms with van der Waals surface area (Å²) in [4.78, 5) is 36.3. The van der Waals surface area contributed by atoms with Crippen molar-refractivity contribution < 1.29 is 64.4 Å². The molecule has 52 heavy (non-hydrogen) atoms. The van der Waals surface area contributed by atoms with E-state index in [2.05, 4.69) is 6.58 Å². The fourth-order valence-corrected chi connectivity index (χ4v) is 5.34. The molecule has 0 heterocycles.